The standard InChI is InChI=1S/C12H18N2OS/c1-14(7-9-4-5-16-8-9)12(15)6-11(13)10-2-3-10/h4-5,8,10-11H,2-3,6-7,13H2,1H3. The molecular weight excluding hydrogens is 220 g/mol. The molecule has 16 heavy (non-hydrogen) atoms. The Hall–Kier alpha value is -0.870. The third-order valence-electron chi connectivity index (χ3n) is 3.06. The maximum Gasteiger partial charge on any atom is 0.224 e. The molecule has 4 heteroatoms. The fourth-order valence-electron chi connectivity index (χ4n) is 1.79. The van der Waals surface area contributed by atoms with Gasteiger partial charge in [-0.3, -0.25) is 4.79 Å². The summed E-state index contributed by atoms with van der Waals surface area (Å²) in [6.45, 7) is 0.694. The zero-order valence-electron chi connectivity index (χ0n) is 9.56. The summed E-state index contributed by atoms with van der Waals surface area (Å²) in [7, 11) is 1.85. The van der Waals surface area contributed by atoms with Crippen LogP contribution in [0.4, 0.5) is 0 Å². The molecule has 0 bridgehead atoms. The highest BCUT2D eigenvalue weighted by atomic mass is 32.1. The average molecular weight is 238 g/mol. The van der Waals surface area contributed by atoms with Gasteiger partial charge in [-0.2, -0.15) is 11.3 Å². The summed E-state index contributed by atoms with van der Waals surface area (Å²) in [4.78, 5) is 13.6. The summed E-state index contributed by atoms with van der Waals surface area (Å²) in [6, 6.07) is 2.12. The lowest BCUT2D eigenvalue weighted by Crippen LogP contribution is -2.34. The number of nitrogens with two attached hydrogens (primary N) is 1. The highest BCUT2D eigenvalue weighted by Crippen LogP contribution is 2.32. The molecule has 88 valence electrons. The van der Waals surface area contributed by atoms with Crippen LogP contribution in [0.1, 0.15) is 24.8 Å². The molecule has 0 radical (unpaired) electrons. The van der Waals surface area contributed by atoms with Crippen molar-refractivity contribution in [1.82, 2.24) is 4.90 Å². The van der Waals surface area contributed by atoms with Gasteiger partial charge >= 0.3 is 0 Å². The maximum atomic E-state index is 11.9. The number of rotatable bonds is 5. The van der Waals surface area contributed by atoms with Gasteiger partial charge in [0.2, 0.25) is 5.91 Å². The number of nitrogens with zero attached hydrogens (tertiary/aromatic N) is 1. The third kappa shape index (κ3) is 3.06. The zero-order valence-corrected chi connectivity index (χ0v) is 10.4. The third-order valence-corrected chi connectivity index (χ3v) is 3.80. The van der Waals surface area contributed by atoms with Gasteiger partial charge in [-0.1, -0.05) is 0 Å². The average Bonchev–Trinajstić information content (AvgIpc) is 2.98. The molecule has 0 saturated heterocycles. The molecule has 1 saturated carbocycles. The van der Waals surface area contributed by atoms with Gasteiger partial charge in [-0.25, -0.2) is 0 Å². The van der Waals surface area contributed by atoms with Crippen LogP contribution in [0.3, 0.4) is 0 Å². The molecular formula is C12H18N2OS. The number of hydrogen-bond donors (Lipinski definition) is 1. The molecule has 1 aliphatic carbocycles. The Kier molecular flexibility index (Phi) is 3.61. The monoisotopic (exact) mass is 238 g/mol. The second-order valence-electron chi connectivity index (χ2n) is 4.59. The Morgan fingerprint density at radius 1 is 1.69 bits per heavy atom. The van der Waals surface area contributed by atoms with Crippen LogP contribution in [-0.2, 0) is 11.3 Å². The van der Waals surface area contributed by atoms with Crippen molar-refractivity contribution in [1.29, 1.82) is 0 Å². The molecule has 1 aromatic heterocycles. The molecule has 1 heterocycles. The van der Waals surface area contributed by atoms with Crippen LogP contribution < -0.4 is 5.73 Å². The van der Waals surface area contributed by atoms with Crippen LogP contribution >= 0.6 is 11.3 Å². The molecule has 2 N–H and O–H groups in total. The smallest absolute Gasteiger partial charge is 0.224 e. The van der Waals surface area contributed by atoms with Crippen LogP contribution in [0.25, 0.3) is 0 Å². The molecule has 0 spiro atoms. The van der Waals surface area contributed by atoms with Gasteiger partial charge in [-0.15, -0.1) is 0 Å². The van der Waals surface area contributed by atoms with Crippen LogP contribution in [0.15, 0.2) is 16.8 Å². The molecule has 2 rings (SSSR count). The second-order valence-corrected chi connectivity index (χ2v) is 5.37. The lowest BCUT2D eigenvalue weighted by Gasteiger charge is -2.19. The lowest BCUT2D eigenvalue weighted by molar-refractivity contribution is -0.130. The summed E-state index contributed by atoms with van der Waals surface area (Å²) in [5.41, 5.74) is 7.14. The first kappa shape index (κ1) is 11.6. The Labute approximate surface area is 100 Å². The second kappa shape index (κ2) is 4.97. The minimum atomic E-state index is 0.0671. The number of hydrogen-bond acceptors (Lipinski definition) is 3. The number of amides is 1. The molecule has 0 aliphatic heterocycles. The summed E-state index contributed by atoms with van der Waals surface area (Å²) in [5, 5.41) is 4.11. The topological polar surface area (TPSA) is 46.3 Å². The highest BCUT2D eigenvalue weighted by molar-refractivity contribution is 7.07. The van der Waals surface area contributed by atoms with E-state index in [1.807, 2.05) is 12.4 Å². The Bertz CT molecular complexity index is 346. The predicted molar refractivity (Wildman–Crippen MR) is 66.1 cm³/mol. The molecule has 1 amide bonds. The van der Waals surface area contributed by atoms with E-state index in [9.17, 15) is 4.79 Å². The number of carbonyl (C=O) groups is 1. The lowest BCUT2D eigenvalue weighted by atomic mass is 10.1. The van der Waals surface area contributed by atoms with Gasteiger partial charge in [0.15, 0.2) is 0 Å². The van der Waals surface area contributed by atoms with E-state index in [0.717, 1.165) is 0 Å². The van der Waals surface area contributed by atoms with E-state index in [2.05, 4.69) is 11.4 Å². The Balaban J connectivity index is 1.79. The number of thiophene rings is 1. The normalized spacial score (nSPS) is 17.1. The van der Waals surface area contributed by atoms with Crippen molar-refractivity contribution >= 4 is 17.2 Å². The van der Waals surface area contributed by atoms with Crippen molar-refractivity contribution < 1.29 is 4.79 Å². The largest absolute Gasteiger partial charge is 0.341 e. The van der Waals surface area contributed by atoms with E-state index in [1.165, 1.54) is 18.4 Å². The van der Waals surface area contributed by atoms with E-state index in [-0.39, 0.29) is 11.9 Å². The zero-order chi connectivity index (χ0) is 11.5. The van der Waals surface area contributed by atoms with Crippen molar-refractivity contribution in [3.05, 3.63) is 22.4 Å². The van der Waals surface area contributed by atoms with Gasteiger partial charge < -0.3 is 10.6 Å². The molecule has 0 aromatic carbocycles. The van der Waals surface area contributed by atoms with Gasteiger partial charge in [-0.05, 0) is 41.1 Å². The van der Waals surface area contributed by atoms with Crippen LogP contribution in [0.5, 0.6) is 0 Å². The van der Waals surface area contributed by atoms with Crippen LogP contribution in [0.2, 0.25) is 0 Å². The molecule has 3 nitrogen and oxygen atoms in total. The van der Waals surface area contributed by atoms with Crippen molar-refractivity contribution in [3.63, 3.8) is 0 Å². The fraction of sp³-hybridized carbons (Fsp3) is 0.583. The van der Waals surface area contributed by atoms with E-state index in [1.54, 1.807) is 16.2 Å². The van der Waals surface area contributed by atoms with Crippen LogP contribution in [0, 0.1) is 5.92 Å². The molecule has 1 aromatic rings. The summed E-state index contributed by atoms with van der Waals surface area (Å²) in [6.07, 6.45) is 2.89. The van der Waals surface area contributed by atoms with Gasteiger partial charge in [0.25, 0.3) is 0 Å². The summed E-state index contributed by atoms with van der Waals surface area (Å²) < 4.78 is 0. The first-order chi connectivity index (χ1) is 7.66. The first-order valence-corrected chi connectivity index (χ1v) is 6.61. The first-order valence-electron chi connectivity index (χ1n) is 5.67. The van der Waals surface area contributed by atoms with E-state index in [4.69, 9.17) is 5.73 Å². The summed E-state index contributed by atoms with van der Waals surface area (Å²) in [5.74, 6) is 0.754. The fourth-order valence-corrected chi connectivity index (χ4v) is 2.45. The van der Waals surface area contributed by atoms with E-state index in [0.29, 0.717) is 18.9 Å². The van der Waals surface area contributed by atoms with Crippen molar-refractivity contribution in [3.8, 4) is 0 Å². The minimum absolute atomic E-state index is 0.0671. The van der Waals surface area contributed by atoms with Gasteiger partial charge in [0.1, 0.15) is 0 Å². The molecule has 1 fully saturated rings. The van der Waals surface area contributed by atoms with E-state index >= 15 is 0 Å². The van der Waals surface area contributed by atoms with Crippen molar-refractivity contribution in [2.45, 2.75) is 31.8 Å². The SMILES string of the molecule is CN(Cc1ccsc1)C(=O)CC(N)C1CC1. The molecule has 1 unspecified atom stereocenters. The maximum absolute atomic E-state index is 11.9. The summed E-state index contributed by atoms with van der Waals surface area (Å²) >= 11 is 1.66. The van der Waals surface area contributed by atoms with Crippen molar-refractivity contribution in [2.24, 2.45) is 11.7 Å². The number of carbonyl (C=O) groups excluding carboxylic acids is 1. The Morgan fingerprint density at radius 3 is 3.00 bits per heavy atom. The van der Waals surface area contributed by atoms with Crippen LogP contribution in [-0.4, -0.2) is 23.9 Å². The predicted octanol–water partition coefficient (Wildman–Crippen LogP) is 1.83. The quantitative estimate of drug-likeness (QED) is 0.850. The highest BCUT2D eigenvalue weighted by Gasteiger charge is 2.30. The minimum Gasteiger partial charge on any atom is -0.341 e. The van der Waals surface area contributed by atoms with Gasteiger partial charge in [0.05, 0.1) is 0 Å². The van der Waals surface area contributed by atoms with E-state index < -0.39 is 0 Å². The Morgan fingerprint density at radius 2 is 2.44 bits per heavy atom. The molecule has 1 aliphatic rings. The van der Waals surface area contributed by atoms with Crippen molar-refractivity contribution in [2.75, 3.05) is 7.05 Å². The molecule has 1 atom stereocenters. The van der Waals surface area contributed by atoms with Gasteiger partial charge in [0, 0.05) is 26.1 Å².